The number of aromatic amines is 1. The summed E-state index contributed by atoms with van der Waals surface area (Å²) in [5, 5.41) is 23.2. The number of thiophene rings is 3. The van der Waals surface area contributed by atoms with Crippen molar-refractivity contribution in [2.45, 2.75) is 158 Å². The Kier molecular flexibility index (Phi) is 26.9. The number of furan rings is 1. The van der Waals surface area contributed by atoms with Gasteiger partial charge in [0, 0.05) is 107 Å². The van der Waals surface area contributed by atoms with Crippen molar-refractivity contribution in [2.24, 2.45) is 21.1 Å². The number of nitrogen functional groups attached to an aromatic ring is 8. The van der Waals surface area contributed by atoms with Gasteiger partial charge in [0.25, 0.3) is 0 Å². The van der Waals surface area contributed by atoms with E-state index in [4.69, 9.17) is 50.3 Å². The van der Waals surface area contributed by atoms with Crippen LogP contribution in [0.2, 0.25) is 0 Å². The van der Waals surface area contributed by atoms with E-state index in [0.29, 0.717) is 93.9 Å². The van der Waals surface area contributed by atoms with Crippen LogP contribution in [0.25, 0.3) is 96.5 Å². The summed E-state index contributed by atoms with van der Waals surface area (Å²) in [5.74, 6) is 8.19. The van der Waals surface area contributed by atoms with E-state index < -0.39 is 0 Å². The van der Waals surface area contributed by atoms with Gasteiger partial charge in [0.15, 0.2) is 11.5 Å². The fourth-order valence-electron chi connectivity index (χ4n) is 13.1. The van der Waals surface area contributed by atoms with E-state index in [1.807, 2.05) is 73.2 Å². The molecule has 30 heteroatoms. The van der Waals surface area contributed by atoms with Gasteiger partial charge in [0.2, 0.25) is 0 Å². The molecule has 0 saturated heterocycles. The van der Waals surface area contributed by atoms with Gasteiger partial charge in [0.1, 0.15) is 87.7 Å². The predicted molar refractivity (Wildman–Crippen MR) is 471 cm³/mol. The normalized spacial score (nSPS) is 11.4. The molecule has 0 unspecified atom stereocenters. The summed E-state index contributed by atoms with van der Waals surface area (Å²) in [4.78, 5) is 53.3. The number of nitrogens with two attached hydrogens (primary N) is 8. The zero-order valence-electron chi connectivity index (χ0n) is 67.7. The van der Waals surface area contributed by atoms with Crippen molar-refractivity contribution in [1.29, 1.82) is 0 Å². The highest BCUT2D eigenvalue weighted by atomic mass is 32.1. The molecule has 0 amide bonds. The number of anilines is 8. The van der Waals surface area contributed by atoms with Gasteiger partial charge in [0.05, 0.1) is 44.4 Å². The summed E-state index contributed by atoms with van der Waals surface area (Å²) in [6.07, 6.45) is 20.6. The number of rotatable bonds is 9. The molecule has 17 aromatic rings. The molecule has 1 aromatic carbocycles. The smallest absolute Gasteiger partial charge is 0.163 e. The van der Waals surface area contributed by atoms with Gasteiger partial charge in [-0.05, 0) is 121 Å². The van der Waals surface area contributed by atoms with Gasteiger partial charge < -0.3 is 59.8 Å². The van der Waals surface area contributed by atoms with Crippen LogP contribution >= 0.6 is 34.0 Å². The number of aromatic nitrogens is 18. The van der Waals surface area contributed by atoms with Gasteiger partial charge in [-0.25, -0.2) is 54.8 Å². The highest BCUT2D eigenvalue weighted by molar-refractivity contribution is 7.18. The summed E-state index contributed by atoms with van der Waals surface area (Å²) in [6, 6.07) is 14.1. The lowest BCUT2D eigenvalue weighted by Crippen LogP contribution is -1.95. The van der Waals surface area contributed by atoms with Crippen LogP contribution in [0.1, 0.15) is 203 Å². The van der Waals surface area contributed by atoms with Gasteiger partial charge >= 0.3 is 0 Å². The number of benzene rings is 1. The van der Waals surface area contributed by atoms with Crippen LogP contribution in [0.3, 0.4) is 0 Å². The first-order valence-corrected chi connectivity index (χ1v) is 40.0. The molecule has 27 nitrogen and oxygen atoms in total. The lowest BCUT2D eigenvalue weighted by atomic mass is 9.99. The number of hydrogen-bond acceptors (Lipinski definition) is 26. The molecule has 590 valence electrons. The zero-order chi connectivity index (χ0) is 82.0. The minimum atomic E-state index is 0.326. The SMILES string of the molecule is CC(C)c1c[nH]c2ncnc(N)c12.CC(C)c1cccc2c1c(N)nn2C.CC(C)c1cn(C)c2ncnc(N)c12.CC(C)c1coc2ccnc(N)c12.CC(C)c1csc2c(-c3cccnc3)cnc(N)c12.CC(C)c1csc2ccnc(N)c12.CC(C)c1csc2ncnc(N)c12.CC(C)c1nn(C)c2ncnc(N)c12. The third-order valence-electron chi connectivity index (χ3n) is 19.0. The molecular formula is C83H104N26OS3. The largest absolute Gasteiger partial charge is 0.464 e. The number of pyridine rings is 4. The lowest BCUT2D eigenvalue weighted by Gasteiger charge is -2.07. The number of H-pyrrole nitrogens is 1. The Bertz CT molecular complexity index is 5620. The molecular weight excluding hydrogens is 1470 g/mol. The number of nitrogens with one attached hydrogen (secondary N) is 1. The van der Waals surface area contributed by atoms with E-state index in [2.05, 4.69) is 226 Å². The third kappa shape index (κ3) is 18.5. The first-order valence-electron chi connectivity index (χ1n) is 37.3. The van der Waals surface area contributed by atoms with Crippen molar-refractivity contribution in [1.82, 2.24) is 88.9 Å². The van der Waals surface area contributed by atoms with E-state index in [1.165, 1.54) is 68.1 Å². The van der Waals surface area contributed by atoms with E-state index in [9.17, 15) is 0 Å². The Hall–Kier alpha value is -12.0. The lowest BCUT2D eigenvalue weighted by molar-refractivity contribution is 0.606. The van der Waals surface area contributed by atoms with E-state index in [1.54, 1.807) is 63.5 Å². The molecule has 0 spiro atoms. The maximum absolute atomic E-state index is 6.07. The molecule has 0 bridgehead atoms. The highest BCUT2D eigenvalue weighted by Crippen LogP contribution is 2.41. The van der Waals surface area contributed by atoms with Crippen molar-refractivity contribution in [3.8, 4) is 11.1 Å². The molecule has 17 N–H and O–H groups in total. The first-order chi connectivity index (χ1) is 53.8. The maximum Gasteiger partial charge on any atom is 0.163 e. The summed E-state index contributed by atoms with van der Waals surface area (Å²) >= 11 is 5.09. The van der Waals surface area contributed by atoms with Crippen LogP contribution in [-0.4, -0.2) is 88.9 Å². The summed E-state index contributed by atoms with van der Waals surface area (Å²) in [7, 11) is 5.75. The van der Waals surface area contributed by atoms with Crippen molar-refractivity contribution < 1.29 is 4.42 Å². The topological polar surface area (TPSA) is 432 Å². The predicted octanol–water partition coefficient (Wildman–Crippen LogP) is 18.7. The average Bonchev–Trinajstić information content (AvgIpc) is 1.65. The molecule has 0 fully saturated rings. The fourth-order valence-corrected chi connectivity index (χ4v) is 16.5. The van der Waals surface area contributed by atoms with Crippen molar-refractivity contribution >= 4 is 166 Å². The minimum Gasteiger partial charge on any atom is -0.464 e. The molecule has 0 aliphatic rings. The van der Waals surface area contributed by atoms with Gasteiger partial charge in [-0.3, -0.25) is 14.3 Å². The molecule has 0 radical (unpaired) electrons. The average molecular weight is 1580 g/mol. The Labute approximate surface area is 669 Å². The van der Waals surface area contributed by atoms with Gasteiger partial charge in [-0.15, -0.1) is 34.0 Å². The quantitative estimate of drug-likeness (QED) is 0.0648. The van der Waals surface area contributed by atoms with Crippen LogP contribution in [0.15, 0.2) is 138 Å². The summed E-state index contributed by atoms with van der Waals surface area (Å²) < 4.78 is 13.4. The minimum absolute atomic E-state index is 0.326. The monoisotopic (exact) mass is 1580 g/mol. The number of hydrogen-bond donors (Lipinski definition) is 9. The first kappa shape index (κ1) is 83.5. The molecule has 16 heterocycles. The molecule has 0 aliphatic heterocycles. The van der Waals surface area contributed by atoms with Crippen molar-refractivity contribution in [2.75, 3.05) is 45.9 Å². The highest BCUT2D eigenvalue weighted by Gasteiger charge is 2.21. The van der Waals surface area contributed by atoms with E-state index >= 15 is 0 Å². The zero-order valence-corrected chi connectivity index (χ0v) is 70.1. The van der Waals surface area contributed by atoms with Crippen LogP contribution in [0.4, 0.5) is 46.5 Å². The van der Waals surface area contributed by atoms with Crippen LogP contribution in [0.5, 0.6) is 0 Å². The Morgan fingerprint density at radius 3 is 1.56 bits per heavy atom. The van der Waals surface area contributed by atoms with Crippen molar-refractivity contribution in [3.05, 3.63) is 178 Å². The van der Waals surface area contributed by atoms with Gasteiger partial charge in [-0.2, -0.15) is 10.2 Å². The standard InChI is InChI=1S/C15H15N3S.C11H15N3.C10H14N4.C10H12N2O.C10H12N2S.C9H13N5.C9H12N4.C9H11N3S/c1-9(2)12-8-19-14-11(7-18-15(16)13(12)14)10-4-3-5-17-6-10;1-7(2)8-5-4-6-9-10(8)11(12)13-14(9)3;1-6(2)7-4-14(3)10-8(7)9(11)12-5-13-10;2*1-6(2)7-5-13-8-3-4-12-10(11)9(7)8;1-5(2)7-6-8(10)11-4-12-9(6)14(3)13-7;1-5(2)6-3-11-9-7(6)8(10)12-4-13-9;1-5(2)6-3-13-9-7(6)8(10)11-4-12-9/h3-9H,1-2H3,(H2,16,18);4-7H,1-3H3,(H2,12,13);4-6H,1-3H3,(H2,11,12,13);2*3-6H,1-2H3,(H2,11,12);4-5H,1-3H3,(H2,10,11,12);3-5H,1-2H3,(H3,10,11,12,13);3-5H,1-2H3,(H2,10,11,12). The molecule has 17 rings (SSSR count). The molecule has 0 aliphatic carbocycles. The van der Waals surface area contributed by atoms with E-state index in [0.717, 1.165) is 98.3 Å². The summed E-state index contributed by atoms with van der Waals surface area (Å²) in [5.41, 5.74) is 63.0. The third-order valence-corrected chi connectivity index (χ3v) is 21.9. The molecule has 113 heavy (non-hydrogen) atoms. The van der Waals surface area contributed by atoms with Gasteiger partial charge in [-0.1, -0.05) is 129 Å². The Balaban J connectivity index is 0.000000137. The Morgan fingerprint density at radius 2 is 0.929 bits per heavy atom. The Morgan fingerprint density at radius 1 is 0.389 bits per heavy atom. The van der Waals surface area contributed by atoms with Crippen LogP contribution in [0, 0.1) is 0 Å². The van der Waals surface area contributed by atoms with E-state index in [-0.39, 0.29) is 0 Å². The number of fused-ring (bicyclic) bond motifs is 8. The molecule has 16 aromatic heterocycles. The second-order valence-corrected chi connectivity index (χ2v) is 32.3. The maximum atomic E-state index is 6.07. The summed E-state index contributed by atoms with van der Waals surface area (Å²) in [6.45, 7) is 34.2. The second-order valence-electron chi connectivity index (χ2n) is 29.7. The number of aryl methyl sites for hydroxylation is 3. The fraction of sp³-hybridized carbons (Fsp3) is 0.325. The van der Waals surface area contributed by atoms with Crippen LogP contribution in [-0.2, 0) is 21.1 Å². The molecule has 0 saturated carbocycles. The molecule has 0 atom stereocenters. The second kappa shape index (κ2) is 36.4. The van der Waals surface area contributed by atoms with Crippen LogP contribution < -0.4 is 45.9 Å². The van der Waals surface area contributed by atoms with Crippen molar-refractivity contribution in [3.63, 3.8) is 0 Å². The number of nitrogens with zero attached hydrogens (tertiary/aromatic N) is 17.